The van der Waals surface area contributed by atoms with Gasteiger partial charge in [0.1, 0.15) is 21.1 Å². The Morgan fingerprint density at radius 3 is 1.43 bits per heavy atom. The number of hydrogen-bond acceptors (Lipinski definition) is 7. The van der Waals surface area contributed by atoms with Gasteiger partial charge in [-0.1, -0.05) is 101 Å². The summed E-state index contributed by atoms with van der Waals surface area (Å²) in [6, 6.07) is 21.1. The van der Waals surface area contributed by atoms with Crippen LogP contribution in [0.5, 0.6) is 0 Å². The van der Waals surface area contributed by atoms with Crippen LogP contribution in [-0.4, -0.2) is 50.2 Å². The molecule has 4 aromatic carbocycles. The smallest absolute Gasteiger partial charge is 0.338 e. The first-order valence-electron chi connectivity index (χ1n) is 15.8. The molecule has 0 amide bonds. The highest BCUT2D eigenvalue weighted by atomic mass is 79.9. The van der Waals surface area contributed by atoms with Gasteiger partial charge in [0, 0.05) is 42.3 Å². The Morgan fingerprint density at radius 2 is 1.09 bits per heavy atom. The average molecular weight is 932 g/mol. The minimum atomic E-state index is -0.956. The van der Waals surface area contributed by atoms with Crippen molar-refractivity contribution in [1.82, 2.24) is 0 Å². The summed E-state index contributed by atoms with van der Waals surface area (Å²) in [6.45, 7) is 9.55. The maximum atomic E-state index is 12.0. The van der Waals surface area contributed by atoms with E-state index >= 15 is 0 Å². The molecule has 0 fully saturated rings. The van der Waals surface area contributed by atoms with Gasteiger partial charge in [0.25, 0.3) is 0 Å². The second-order valence-electron chi connectivity index (χ2n) is 12.5. The molecule has 4 aromatic rings. The van der Waals surface area contributed by atoms with E-state index in [0.717, 1.165) is 33.5 Å². The summed E-state index contributed by atoms with van der Waals surface area (Å²) in [7, 11) is 0. The number of hydrogen-bond donors (Lipinski definition) is 1. The van der Waals surface area contributed by atoms with E-state index in [2.05, 4.69) is 42.2 Å². The molecular formula is C38H34Br2Cl4N2O7. The highest BCUT2D eigenvalue weighted by Gasteiger charge is 2.47. The predicted molar refractivity (Wildman–Crippen MR) is 217 cm³/mol. The van der Waals surface area contributed by atoms with Gasteiger partial charge in [-0.2, -0.15) is 0 Å². The van der Waals surface area contributed by atoms with Crippen LogP contribution in [0.1, 0.15) is 74.9 Å². The molecule has 280 valence electrons. The van der Waals surface area contributed by atoms with Gasteiger partial charge in [0.2, 0.25) is 0 Å². The SMILES string of the molecule is CCOC(=O)c1ccc(C2=NOC(C)(c3cc(Cl)cc(Cl)c3)C2Br)cc1C.Cc1cc(C2=NOC(C)(c3cc(Cl)cc(Cl)c3)C2Br)ccc1C(=O)O.O. The molecule has 0 spiro atoms. The summed E-state index contributed by atoms with van der Waals surface area (Å²) in [5.74, 6) is -1.29. The second-order valence-corrected chi connectivity index (χ2v) is 16.1. The maximum Gasteiger partial charge on any atom is 0.338 e. The molecule has 0 saturated carbocycles. The van der Waals surface area contributed by atoms with Crippen LogP contribution in [0.25, 0.3) is 0 Å². The number of benzene rings is 4. The molecule has 4 unspecified atom stereocenters. The number of carbonyl (C=O) groups excluding carboxylic acids is 1. The van der Waals surface area contributed by atoms with Gasteiger partial charge in [-0.05, 0) is 106 Å². The van der Waals surface area contributed by atoms with Gasteiger partial charge >= 0.3 is 11.9 Å². The van der Waals surface area contributed by atoms with E-state index in [4.69, 9.17) is 65.9 Å². The Kier molecular flexibility index (Phi) is 13.7. The maximum absolute atomic E-state index is 12.0. The van der Waals surface area contributed by atoms with Crippen molar-refractivity contribution in [2.75, 3.05) is 6.61 Å². The fourth-order valence-corrected chi connectivity index (χ4v) is 8.24. The zero-order valence-corrected chi connectivity index (χ0v) is 35.1. The summed E-state index contributed by atoms with van der Waals surface area (Å²) < 4.78 is 5.08. The number of nitrogens with zero attached hydrogens (tertiary/aromatic N) is 2. The summed E-state index contributed by atoms with van der Waals surface area (Å²) in [5, 5.41) is 19.8. The average Bonchev–Trinajstić information content (AvgIpc) is 3.55. The summed E-state index contributed by atoms with van der Waals surface area (Å²) in [5.41, 5.74) is 5.39. The van der Waals surface area contributed by atoms with Gasteiger partial charge < -0.3 is 25.0 Å². The van der Waals surface area contributed by atoms with Gasteiger partial charge in [0.05, 0.1) is 17.7 Å². The number of alkyl halides is 2. The van der Waals surface area contributed by atoms with Crippen LogP contribution in [-0.2, 0) is 25.6 Å². The van der Waals surface area contributed by atoms with E-state index in [-0.39, 0.29) is 26.7 Å². The highest BCUT2D eigenvalue weighted by molar-refractivity contribution is 9.10. The monoisotopic (exact) mass is 928 g/mol. The lowest BCUT2D eigenvalue weighted by atomic mass is 9.88. The normalized spacial score (nSPS) is 21.6. The molecule has 0 aromatic heterocycles. The third-order valence-corrected chi connectivity index (χ3v) is 12.2. The summed E-state index contributed by atoms with van der Waals surface area (Å²) in [4.78, 5) is 34.2. The minimum absolute atomic E-state index is 0. The molecule has 3 N–H and O–H groups in total. The molecule has 4 atom stereocenters. The third-order valence-electron chi connectivity index (χ3n) is 8.76. The van der Waals surface area contributed by atoms with Crippen LogP contribution in [0, 0.1) is 13.8 Å². The number of oxime groups is 2. The lowest BCUT2D eigenvalue weighted by Gasteiger charge is -2.26. The van der Waals surface area contributed by atoms with Gasteiger partial charge in [-0.25, -0.2) is 9.59 Å². The van der Waals surface area contributed by atoms with Crippen LogP contribution in [0.3, 0.4) is 0 Å². The lowest BCUT2D eigenvalue weighted by Crippen LogP contribution is -2.34. The standard InChI is InChI=1S/C20H18BrCl2NO3.C18H14BrCl2NO3.H2O/c1-4-26-19(25)16-6-5-12(7-11(16)2)17-18(21)20(3,27-24-17)13-8-14(22)10-15(23)9-13;1-9-5-10(3-4-14(9)17(23)24)15-16(19)18(2,25-22-15)11-6-12(20)8-13(21)7-11;/h5-10,18H,4H2,1-3H3;3-8,16H,1-2H3,(H,23,24);1H2. The molecule has 0 aliphatic carbocycles. The molecule has 2 aliphatic rings. The number of carbonyl (C=O) groups is 2. The van der Waals surface area contributed by atoms with Crippen LogP contribution in [0.2, 0.25) is 20.1 Å². The largest absolute Gasteiger partial charge is 0.478 e. The molecule has 0 radical (unpaired) electrons. The van der Waals surface area contributed by atoms with Crippen LogP contribution in [0.4, 0.5) is 0 Å². The number of halogens is 6. The first-order valence-corrected chi connectivity index (χ1v) is 19.2. The summed E-state index contributed by atoms with van der Waals surface area (Å²) in [6.07, 6.45) is 0. The molecule has 2 heterocycles. The van der Waals surface area contributed by atoms with E-state index in [9.17, 15) is 9.59 Å². The lowest BCUT2D eigenvalue weighted by molar-refractivity contribution is -0.00320. The zero-order chi connectivity index (χ0) is 38.1. The quantitative estimate of drug-likeness (QED) is 0.145. The zero-order valence-electron chi connectivity index (χ0n) is 28.9. The predicted octanol–water partition coefficient (Wildman–Crippen LogP) is 10.5. The van der Waals surface area contributed by atoms with Crippen molar-refractivity contribution in [3.05, 3.63) is 137 Å². The van der Waals surface area contributed by atoms with E-state index < -0.39 is 17.2 Å². The van der Waals surface area contributed by atoms with Crippen molar-refractivity contribution < 1.29 is 34.6 Å². The topological polar surface area (TPSA) is 138 Å². The van der Waals surface area contributed by atoms with Crippen molar-refractivity contribution >= 4 is 102 Å². The molecule has 0 saturated heterocycles. The van der Waals surface area contributed by atoms with E-state index in [1.807, 2.05) is 45.0 Å². The number of ether oxygens (including phenoxy) is 1. The highest BCUT2D eigenvalue weighted by Crippen LogP contribution is 2.44. The second kappa shape index (κ2) is 17.1. The van der Waals surface area contributed by atoms with E-state index in [1.54, 1.807) is 62.4 Å². The molecule has 0 bridgehead atoms. The van der Waals surface area contributed by atoms with Crippen LogP contribution >= 0.6 is 78.3 Å². The Hall–Kier alpha value is -3.16. The van der Waals surface area contributed by atoms with Crippen molar-refractivity contribution in [2.24, 2.45) is 10.3 Å². The number of rotatable bonds is 7. The van der Waals surface area contributed by atoms with E-state index in [0.29, 0.717) is 43.5 Å². The van der Waals surface area contributed by atoms with Crippen molar-refractivity contribution in [1.29, 1.82) is 0 Å². The van der Waals surface area contributed by atoms with Crippen molar-refractivity contribution in [3.63, 3.8) is 0 Å². The molecule has 9 nitrogen and oxygen atoms in total. The Morgan fingerprint density at radius 1 is 0.717 bits per heavy atom. The van der Waals surface area contributed by atoms with Gasteiger partial charge in [0.15, 0.2) is 11.2 Å². The number of aromatic carboxylic acids is 1. The number of aryl methyl sites for hydroxylation is 2. The number of esters is 1. The summed E-state index contributed by atoms with van der Waals surface area (Å²) >= 11 is 31.9. The fourth-order valence-electron chi connectivity index (χ4n) is 5.80. The minimum Gasteiger partial charge on any atom is -0.478 e. The molecule has 53 heavy (non-hydrogen) atoms. The van der Waals surface area contributed by atoms with Gasteiger partial charge in [-0.3, -0.25) is 0 Å². The number of carboxylic acids is 1. The first kappa shape index (κ1) is 42.6. The fraction of sp³-hybridized carbons (Fsp3) is 0.263. The van der Waals surface area contributed by atoms with Crippen molar-refractivity contribution in [2.45, 2.75) is 55.5 Å². The van der Waals surface area contributed by atoms with Crippen molar-refractivity contribution in [3.8, 4) is 0 Å². The van der Waals surface area contributed by atoms with Gasteiger partial charge in [-0.15, -0.1) is 0 Å². The Balaban J connectivity index is 0.000000233. The Labute approximate surface area is 343 Å². The van der Waals surface area contributed by atoms with Crippen LogP contribution < -0.4 is 0 Å². The molecule has 6 rings (SSSR count). The number of carboxylic acid groups (broad SMARTS) is 1. The molecular weight excluding hydrogens is 898 g/mol. The molecule has 2 aliphatic heterocycles. The Bertz CT molecular complexity index is 2090. The van der Waals surface area contributed by atoms with Crippen LogP contribution in [0.15, 0.2) is 83.1 Å². The van der Waals surface area contributed by atoms with E-state index in [1.165, 1.54) is 0 Å². The third kappa shape index (κ3) is 8.88. The molecule has 15 heteroatoms. The first-order chi connectivity index (χ1) is 24.5.